The van der Waals surface area contributed by atoms with Crippen molar-refractivity contribution in [3.63, 3.8) is 0 Å². The molecule has 0 fully saturated rings. The van der Waals surface area contributed by atoms with Gasteiger partial charge < -0.3 is 15.5 Å². The Bertz CT molecular complexity index is 858. The van der Waals surface area contributed by atoms with Crippen LogP contribution < -0.4 is 10.5 Å². The van der Waals surface area contributed by atoms with Crippen molar-refractivity contribution < 1.29 is 8.95 Å². The number of fused-ring (bicyclic) bond motifs is 1. The molecule has 1 aromatic heterocycles. The number of rotatable bonds is 4. The molecule has 1 atom stereocenters. The van der Waals surface area contributed by atoms with Crippen LogP contribution in [0.1, 0.15) is 12.5 Å². The number of ether oxygens (including phenoxy) is 1. The second-order valence-electron chi connectivity index (χ2n) is 4.89. The van der Waals surface area contributed by atoms with Gasteiger partial charge in [0.1, 0.15) is 16.5 Å². The first kappa shape index (κ1) is 14.6. The summed E-state index contributed by atoms with van der Waals surface area (Å²) < 4.78 is 18.2. The molecule has 0 aliphatic carbocycles. The third kappa shape index (κ3) is 2.57. The fourth-order valence-electron chi connectivity index (χ4n) is 2.25. The van der Waals surface area contributed by atoms with Crippen LogP contribution in [-0.4, -0.2) is 20.8 Å². The monoisotopic (exact) mass is 315 g/mol. The van der Waals surface area contributed by atoms with Crippen LogP contribution in [0.3, 0.4) is 0 Å². The Balaban J connectivity index is 2.02. The van der Waals surface area contributed by atoms with Crippen molar-refractivity contribution in [2.24, 2.45) is 0 Å². The van der Waals surface area contributed by atoms with Gasteiger partial charge in [-0.1, -0.05) is 6.07 Å². The van der Waals surface area contributed by atoms with Crippen LogP contribution in [0.4, 0.5) is 5.69 Å². The number of anilines is 1. The average Bonchev–Trinajstić information content (AvgIpc) is 2.93. The molecule has 0 radical (unpaired) electrons. The van der Waals surface area contributed by atoms with Gasteiger partial charge in [0, 0.05) is 11.8 Å². The molecule has 3 aromatic rings. The van der Waals surface area contributed by atoms with E-state index in [1.165, 1.54) is 0 Å². The molecule has 0 bridgehead atoms. The molecule has 0 spiro atoms. The first-order chi connectivity index (χ1) is 10.6. The van der Waals surface area contributed by atoms with E-state index in [1.54, 1.807) is 18.2 Å². The number of nitrogens with one attached hydrogen (secondary N) is 1. The Morgan fingerprint density at radius 2 is 2.14 bits per heavy atom. The highest BCUT2D eigenvalue weighted by Gasteiger charge is 2.15. The number of nitrogen functional groups attached to an aromatic ring is 1. The van der Waals surface area contributed by atoms with Crippen molar-refractivity contribution in [1.82, 2.24) is 9.97 Å². The van der Waals surface area contributed by atoms with E-state index in [-0.39, 0.29) is 0 Å². The highest BCUT2D eigenvalue weighted by atomic mass is 32.2. The van der Waals surface area contributed by atoms with Crippen molar-refractivity contribution in [3.8, 4) is 5.75 Å². The number of benzene rings is 2. The minimum Gasteiger partial charge on any atom is -0.494 e. The Hall–Kier alpha value is -2.34. The predicted molar refractivity (Wildman–Crippen MR) is 87.5 cm³/mol. The number of H-pyrrole nitrogens is 1. The Morgan fingerprint density at radius 1 is 1.32 bits per heavy atom. The third-order valence-corrected chi connectivity index (χ3v) is 4.83. The van der Waals surface area contributed by atoms with Crippen molar-refractivity contribution in [2.45, 2.75) is 23.9 Å². The summed E-state index contributed by atoms with van der Waals surface area (Å²) in [6.45, 7) is 4.39. The number of aromatic amines is 1. The van der Waals surface area contributed by atoms with E-state index in [2.05, 4.69) is 9.97 Å². The largest absolute Gasteiger partial charge is 0.494 e. The van der Waals surface area contributed by atoms with Gasteiger partial charge in [0.15, 0.2) is 0 Å². The SMILES string of the molecule is CCOc1ccc2nc(S(=O)c3cccc(N)c3C)[nH]c2c1. The summed E-state index contributed by atoms with van der Waals surface area (Å²) in [4.78, 5) is 8.19. The Morgan fingerprint density at radius 3 is 2.91 bits per heavy atom. The molecule has 6 heteroatoms. The molecular formula is C16H17N3O2S. The van der Waals surface area contributed by atoms with Gasteiger partial charge >= 0.3 is 0 Å². The quantitative estimate of drug-likeness (QED) is 0.725. The third-order valence-electron chi connectivity index (χ3n) is 3.44. The molecular weight excluding hydrogens is 298 g/mol. The molecule has 2 aromatic carbocycles. The number of nitrogens with two attached hydrogens (primary N) is 1. The van der Waals surface area contributed by atoms with E-state index >= 15 is 0 Å². The lowest BCUT2D eigenvalue weighted by atomic mass is 10.2. The zero-order valence-corrected chi connectivity index (χ0v) is 13.2. The second-order valence-corrected chi connectivity index (χ2v) is 6.26. The van der Waals surface area contributed by atoms with E-state index < -0.39 is 10.8 Å². The van der Waals surface area contributed by atoms with E-state index in [0.29, 0.717) is 22.3 Å². The van der Waals surface area contributed by atoms with Gasteiger partial charge in [-0.3, -0.25) is 0 Å². The standard InChI is InChI=1S/C16H17N3O2S/c1-3-21-11-7-8-13-14(9-11)19-16(18-13)22(20)15-6-4-5-12(17)10(15)2/h4-9H,3,17H2,1-2H3,(H,18,19). The van der Waals surface area contributed by atoms with Gasteiger partial charge in [0.25, 0.3) is 0 Å². The van der Waals surface area contributed by atoms with Gasteiger partial charge in [0.2, 0.25) is 5.16 Å². The average molecular weight is 315 g/mol. The van der Waals surface area contributed by atoms with Crippen LogP contribution in [-0.2, 0) is 10.8 Å². The highest BCUT2D eigenvalue weighted by molar-refractivity contribution is 7.85. The highest BCUT2D eigenvalue weighted by Crippen LogP contribution is 2.25. The van der Waals surface area contributed by atoms with Crippen LogP contribution in [0.2, 0.25) is 0 Å². The van der Waals surface area contributed by atoms with Crippen molar-refractivity contribution in [3.05, 3.63) is 42.0 Å². The van der Waals surface area contributed by atoms with E-state index in [0.717, 1.165) is 22.3 Å². The summed E-state index contributed by atoms with van der Waals surface area (Å²) >= 11 is 0. The van der Waals surface area contributed by atoms with Crippen LogP contribution in [0, 0.1) is 6.92 Å². The maximum atomic E-state index is 12.7. The molecule has 0 saturated heterocycles. The number of hydrogen-bond acceptors (Lipinski definition) is 4. The minimum absolute atomic E-state index is 0.414. The smallest absolute Gasteiger partial charge is 0.202 e. The van der Waals surface area contributed by atoms with Gasteiger partial charge in [-0.15, -0.1) is 0 Å². The summed E-state index contributed by atoms with van der Waals surface area (Å²) in [6, 6.07) is 11.0. The van der Waals surface area contributed by atoms with Gasteiger partial charge in [-0.05, 0) is 43.7 Å². The molecule has 0 aliphatic rings. The van der Waals surface area contributed by atoms with E-state index in [9.17, 15) is 4.21 Å². The van der Waals surface area contributed by atoms with Gasteiger partial charge in [0.05, 0.1) is 22.5 Å². The van der Waals surface area contributed by atoms with E-state index in [1.807, 2.05) is 32.0 Å². The fourth-order valence-corrected chi connectivity index (χ4v) is 3.44. The second kappa shape index (κ2) is 5.81. The van der Waals surface area contributed by atoms with Crippen molar-refractivity contribution in [1.29, 1.82) is 0 Å². The number of nitrogens with zero attached hydrogens (tertiary/aromatic N) is 1. The molecule has 1 heterocycles. The van der Waals surface area contributed by atoms with Crippen LogP contribution in [0.25, 0.3) is 11.0 Å². The maximum Gasteiger partial charge on any atom is 0.202 e. The topological polar surface area (TPSA) is 81.0 Å². The summed E-state index contributed by atoms with van der Waals surface area (Å²) in [5.74, 6) is 0.760. The lowest BCUT2D eigenvalue weighted by Crippen LogP contribution is -2.00. The first-order valence-corrected chi connectivity index (χ1v) is 8.14. The maximum absolute atomic E-state index is 12.7. The first-order valence-electron chi connectivity index (χ1n) is 6.99. The summed E-state index contributed by atoms with van der Waals surface area (Å²) in [6.07, 6.45) is 0. The minimum atomic E-state index is -1.40. The lowest BCUT2D eigenvalue weighted by Gasteiger charge is -2.05. The molecule has 0 aliphatic heterocycles. The zero-order chi connectivity index (χ0) is 15.7. The van der Waals surface area contributed by atoms with E-state index in [4.69, 9.17) is 10.5 Å². The number of aromatic nitrogens is 2. The fraction of sp³-hybridized carbons (Fsp3) is 0.188. The lowest BCUT2D eigenvalue weighted by molar-refractivity contribution is 0.340. The van der Waals surface area contributed by atoms with Gasteiger partial charge in [-0.2, -0.15) is 0 Å². The number of imidazole rings is 1. The Labute approximate surface area is 131 Å². The molecule has 0 amide bonds. The van der Waals surface area contributed by atoms with Crippen molar-refractivity contribution in [2.75, 3.05) is 12.3 Å². The summed E-state index contributed by atoms with van der Waals surface area (Å²) in [7, 11) is -1.40. The van der Waals surface area contributed by atoms with Crippen LogP contribution >= 0.6 is 0 Å². The molecule has 1 unspecified atom stereocenters. The normalized spacial score (nSPS) is 12.5. The molecule has 5 nitrogen and oxygen atoms in total. The molecule has 3 rings (SSSR count). The molecule has 114 valence electrons. The zero-order valence-electron chi connectivity index (χ0n) is 12.4. The summed E-state index contributed by atoms with van der Waals surface area (Å²) in [5, 5.41) is 0.414. The molecule has 3 N–H and O–H groups in total. The van der Waals surface area contributed by atoms with Crippen molar-refractivity contribution >= 4 is 27.5 Å². The predicted octanol–water partition coefficient (Wildman–Crippen LogP) is 3.02. The number of hydrogen-bond donors (Lipinski definition) is 2. The molecule has 0 saturated carbocycles. The van der Waals surface area contributed by atoms with Crippen LogP contribution in [0.15, 0.2) is 46.5 Å². The Kier molecular flexibility index (Phi) is 3.85. The van der Waals surface area contributed by atoms with Crippen LogP contribution in [0.5, 0.6) is 5.75 Å². The summed E-state index contributed by atoms with van der Waals surface area (Å²) in [5.41, 5.74) is 8.88. The van der Waals surface area contributed by atoms with Gasteiger partial charge in [-0.25, -0.2) is 9.19 Å². The molecule has 22 heavy (non-hydrogen) atoms.